The van der Waals surface area contributed by atoms with E-state index in [0.29, 0.717) is 17.8 Å². The van der Waals surface area contributed by atoms with Crippen LogP contribution in [0.4, 0.5) is 5.82 Å². The van der Waals surface area contributed by atoms with Crippen molar-refractivity contribution in [3.63, 3.8) is 0 Å². The molecule has 2 aliphatic rings. The maximum Gasteiger partial charge on any atom is 0.255 e. The molecule has 1 saturated heterocycles. The molecule has 1 aromatic heterocycles. The number of amides is 2. The summed E-state index contributed by atoms with van der Waals surface area (Å²) in [5.41, 5.74) is 8.55. The van der Waals surface area contributed by atoms with Crippen molar-refractivity contribution in [3.8, 4) is 0 Å². The number of hydrogen-bond acceptors (Lipinski definition) is 4. The molecule has 0 spiro atoms. The predicted molar refractivity (Wildman–Crippen MR) is 117 cm³/mol. The molecule has 2 fully saturated rings. The Morgan fingerprint density at radius 2 is 1.70 bits per heavy atom. The third-order valence-corrected chi connectivity index (χ3v) is 6.35. The molecule has 0 atom stereocenters. The first kappa shape index (κ1) is 20.4. The lowest BCUT2D eigenvalue weighted by atomic mass is 9.92. The number of nitrogens with one attached hydrogen (secondary N) is 1. The highest BCUT2D eigenvalue weighted by Crippen LogP contribution is 2.28. The van der Waals surface area contributed by atoms with Crippen LogP contribution in [0.2, 0.25) is 0 Å². The minimum atomic E-state index is -0.125. The van der Waals surface area contributed by atoms with E-state index in [4.69, 9.17) is 5.73 Å². The SMILES string of the molecule is Nc1nc(C2CCN(C(=O)Cc3ccccc3)CC2)ccc1C(=O)NC1CCCC1. The topological polar surface area (TPSA) is 88.3 Å². The number of nitrogens with two attached hydrogens (primary N) is 1. The Labute approximate surface area is 177 Å². The van der Waals surface area contributed by atoms with E-state index in [1.807, 2.05) is 41.3 Å². The van der Waals surface area contributed by atoms with E-state index >= 15 is 0 Å². The Morgan fingerprint density at radius 1 is 1.00 bits per heavy atom. The minimum Gasteiger partial charge on any atom is -0.383 e. The summed E-state index contributed by atoms with van der Waals surface area (Å²) in [4.78, 5) is 31.6. The Morgan fingerprint density at radius 3 is 2.37 bits per heavy atom. The fourth-order valence-corrected chi connectivity index (χ4v) is 4.55. The van der Waals surface area contributed by atoms with Crippen LogP contribution in [0.1, 0.15) is 66.1 Å². The Hall–Kier alpha value is -2.89. The number of benzene rings is 1. The number of piperidine rings is 1. The molecule has 1 aromatic carbocycles. The zero-order valence-electron chi connectivity index (χ0n) is 17.3. The lowest BCUT2D eigenvalue weighted by molar-refractivity contribution is -0.131. The number of pyridine rings is 1. The van der Waals surface area contributed by atoms with Gasteiger partial charge in [-0.1, -0.05) is 43.2 Å². The molecule has 1 aliphatic heterocycles. The summed E-state index contributed by atoms with van der Waals surface area (Å²) in [5.74, 6) is 0.608. The van der Waals surface area contributed by atoms with E-state index in [1.165, 1.54) is 12.8 Å². The van der Waals surface area contributed by atoms with Gasteiger partial charge in [-0.2, -0.15) is 0 Å². The smallest absolute Gasteiger partial charge is 0.255 e. The zero-order valence-corrected chi connectivity index (χ0v) is 17.3. The van der Waals surface area contributed by atoms with Gasteiger partial charge in [0, 0.05) is 30.7 Å². The highest BCUT2D eigenvalue weighted by atomic mass is 16.2. The van der Waals surface area contributed by atoms with Crippen molar-refractivity contribution in [1.82, 2.24) is 15.2 Å². The third kappa shape index (κ3) is 4.81. The number of rotatable bonds is 5. The van der Waals surface area contributed by atoms with E-state index in [-0.39, 0.29) is 23.8 Å². The maximum absolute atomic E-state index is 12.6. The van der Waals surface area contributed by atoms with Gasteiger partial charge in [-0.25, -0.2) is 4.98 Å². The third-order valence-electron chi connectivity index (χ3n) is 6.35. The van der Waals surface area contributed by atoms with Gasteiger partial charge in [-0.15, -0.1) is 0 Å². The van der Waals surface area contributed by atoms with E-state index in [2.05, 4.69) is 10.3 Å². The Kier molecular flexibility index (Phi) is 6.31. The van der Waals surface area contributed by atoms with Gasteiger partial charge in [0.1, 0.15) is 5.82 Å². The second kappa shape index (κ2) is 9.28. The second-order valence-corrected chi connectivity index (χ2v) is 8.44. The first-order valence-electron chi connectivity index (χ1n) is 11.0. The first-order valence-corrected chi connectivity index (χ1v) is 11.0. The van der Waals surface area contributed by atoms with Crippen molar-refractivity contribution in [2.45, 2.75) is 56.9 Å². The average Bonchev–Trinajstić information content (AvgIpc) is 3.27. The van der Waals surface area contributed by atoms with E-state index < -0.39 is 0 Å². The molecular formula is C24H30N4O2. The van der Waals surface area contributed by atoms with Crippen molar-refractivity contribution in [1.29, 1.82) is 0 Å². The fourth-order valence-electron chi connectivity index (χ4n) is 4.55. The summed E-state index contributed by atoms with van der Waals surface area (Å²) < 4.78 is 0. The molecule has 0 unspecified atom stereocenters. The molecule has 158 valence electrons. The highest BCUT2D eigenvalue weighted by molar-refractivity contribution is 5.98. The van der Waals surface area contributed by atoms with Crippen LogP contribution in [0.3, 0.4) is 0 Å². The van der Waals surface area contributed by atoms with Crippen LogP contribution >= 0.6 is 0 Å². The molecule has 3 N–H and O–H groups in total. The number of carbonyl (C=O) groups is 2. The molecule has 1 aliphatic carbocycles. The summed E-state index contributed by atoms with van der Waals surface area (Å²) >= 11 is 0. The zero-order chi connectivity index (χ0) is 20.9. The molecule has 1 saturated carbocycles. The van der Waals surface area contributed by atoms with E-state index in [0.717, 1.165) is 50.0 Å². The average molecular weight is 407 g/mol. The summed E-state index contributed by atoms with van der Waals surface area (Å²) in [5, 5.41) is 3.07. The minimum absolute atomic E-state index is 0.125. The van der Waals surface area contributed by atoms with Gasteiger partial charge in [0.15, 0.2) is 0 Å². The molecular weight excluding hydrogens is 376 g/mol. The standard InChI is InChI=1S/C24H30N4O2/c25-23-20(24(30)26-19-8-4-5-9-19)10-11-21(27-23)18-12-14-28(15-13-18)22(29)16-17-6-2-1-3-7-17/h1-3,6-7,10-11,18-19H,4-5,8-9,12-16H2,(H2,25,27)(H,26,30). The number of hydrogen-bond donors (Lipinski definition) is 2. The van der Waals surface area contributed by atoms with Gasteiger partial charge in [0.2, 0.25) is 5.91 Å². The van der Waals surface area contributed by atoms with Gasteiger partial charge >= 0.3 is 0 Å². The Balaban J connectivity index is 1.32. The number of anilines is 1. The maximum atomic E-state index is 12.6. The molecule has 0 radical (unpaired) electrons. The first-order chi connectivity index (χ1) is 14.6. The van der Waals surface area contributed by atoms with Crippen molar-refractivity contribution >= 4 is 17.6 Å². The van der Waals surface area contributed by atoms with Gasteiger partial charge in [-0.3, -0.25) is 9.59 Å². The lowest BCUT2D eigenvalue weighted by Gasteiger charge is -2.32. The molecule has 2 aromatic rings. The van der Waals surface area contributed by atoms with Crippen LogP contribution in [0, 0.1) is 0 Å². The van der Waals surface area contributed by atoms with E-state index in [9.17, 15) is 9.59 Å². The second-order valence-electron chi connectivity index (χ2n) is 8.44. The molecule has 6 nitrogen and oxygen atoms in total. The van der Waals surface area contributed by atoms with Crippen LogP contribution in [0.15, 0.2) is 42.5 Å². The highest BCUT2D eigenvalue weighted by Gasteiger charge is 2.26. The quantitative estimate of drug-likeness (QED) is 0.798. The van der Waals surface area contributed by atoms with Crippen molar-refractivity contribution in [2.75, 3.05) is 18.8 Å². The van der Waals surface area contributed by atoms with Crippen LogP contribution in [-0.2, 0) is 11.2 Å². The van der Waals surface area contributed by atoms with E-state index in [1.54, 1.807) is 6.07 Å². The van der Waals surface area contributed by atoms with Crippen molar-refractivity contribution in [3.05, 3.63) is 59.3 Å². The fraction of sp³-hybridized carbons (Fsp3) is 0.458. The van der Waals surface area contributed by atoms with Gasteiger partial charge in [0.05, 0.1) is 12.0 Å². The summed E-state index contributed by atoms with van der Waals surface area (Å²) in [6.45, 7) is 1.45. The molecule has 0 bridgehead atoms. The van der Waals surface area contributed by atoms with Crippen molar-refractivity contribution in [2.24, 2.45) is 0 Å². The number of nitrogen functional groups attached to an aromatic ring is 1. The van der Waals surface area contributed by atoms with Gasteiger partial charge < -0.3 is 16.0 Å². The largest absolute Gasteiger partial charge is 0.383 e. The summed E-state index contributed by atoms with van der Waals surface area (Å²) in [6, 6.07) is 13.8. The molecule has 4 rings (SSSR count). The summed E-state index contributed by atoms with van der Waals surface area (Å²) in [6.07, 6.45) is 6.59. The Bertz CT molecular complexity index is 885. The van der Waals surface area contributed by atoms with Crippen LogP contribution < -0.4 is 11.1 Å². The molecule has 30 heavy (non-hydrogen) atoms. The predicted octanol–water partition coefficient (Wildman–Crippen LogP) is 3.28. The van der Waals surface area contributed by atoms with Crippen LogP contribution in [0.25, 0.3) is 0 Å². The van der Waals surface area contributed by atoms with Crippen LogP contribution in [-0.4, -0.2) is 40.8 Å². The number of likely N-dealkylation sites (tertiary alicyclic amines) is 1. The van der Waals surface area contributed by atoms with Gasteiger partial charge in [0.25, 0.3) is 5.91 Å². The molecule has 2 amide bonds. The normalized spacial score (nSPS) is 17.8. The lowest BCUT2D eigenvalue weighted by Crippen LogP contribution is -2.39. The summed E-state index contributed by atoms with van der Waals surface area (Å²) in [7, 11) is 0. The number of carbonyl (C=O) groups excluding carboxylic acids is 2. The number of nitrogens with zero attached hydrogens (tertiary/aromatic N) is 2. The molecule has 6 heteroatoms. The van der Waals surface area contributed by atoms with Crippen molar-refractivity contribution < 1.29 is 9.59 Å². The molecule has 2 heterocycles. The van der Waals surface area contributed by atoms with Gasteiger partial charge in [-0.05, 0) is 43.4 Å². The van der Waals surface area contributed by atoms with Crippen LogP contribution in [0.5, 0.6) is 0 Å². The monoisotopic (exact) mass is 406 g/mol. The number of aromatic nitrogens is 1.